The third-order valence-corrected chi connectivity index (χ3v) is 1.59. The molecule has 0 saturated carbocycles. The number of rotatable bonds is 4. The Labute approximate surface area is 84.6 Å². The fraction of sp³-hybridized carbons (Fsp3) is 0.111. The average molecular weight is 209 g/mol. The first-order chi connectivity index (χ1) is 7.09. The summed E-state index contributed by atoms with van der Waals surface area (Å²) >= 11 is 0. The zero-order chi connectivity index (χ0) is 11.3. The molecule has 0 aliphatic carbocycles. The van der Waals surface area contributed by atoms with E-state index in [2.05, 4.69) is 4.84 Å². The number of hydrogen-bond acceptors (Lipinski definition) is 5. The van der Waals surface area contributed by atoms with Gasteiger partial charge >= 0.3 is 11.1 Å². The van der Waals surface area contributed by atoms with Crippen molar-refractivity contribution >= 4 is 11.8 Å². The molecule has 0 aliphatic heterocycles. The molecule has 0 saturated heterocycles. The summed E-state index contributed by atoms with van der Waals surface area (Å²) < 4.78 is 0. The molecule has 15 heavy (non-hydrogen) atoms. The summed E-state index contributed by atoms with van der Waals surface area (Å²) in [6.07, 6.45) is -0.201. The molecule has 0 fully saturated rings. The summed E-state index contributed by atoms with van der Waals surface area (Å²) in [5.74, 6) is -2.40. The highest BCUT2D eigenvalue weighted by Gasteiger charge is 2.18. The molecular formula is C9H7NO5. The molecule has 0 unspecified atom stereocenters. The molecule has 1 aromatic carbocycles. The second-order valence-corrected chi connectivity index (χ2v) is 2.69. The van der Waals surface area contributed by atoms with Gasteiger partial charge in [0.05, 0.1) is 0 Å². The van der Waals surface area contributed by atoms with E-state index in [-0.39, 0.29) is 6.42 Å². The summed E-state index contributed by atoms with van der Waals surface area (Å²) in [4.78, 5) is 35.1. The van der Waals surface area contributed by atoms with E-state index in [0.717, 1.165) is 0 Å². The van der Waals surface area contributed by atoms with Crippen molar-refractivity contribution in [2.24, 2.45) is 0 Å². The minimum atomic E-state index is -1.45. The van der Waals surface area contributed by atoms with E-state index in [0.29, 0.717) is 5.56 Å². The fourth-order valence-electron chi connectivity index (χ4n) is 0.972. The minimum Gasteiger partial charge on any atom is -0.288 e. The summed E-state index contributed by atoms with van der Waals surface area (Å²) in [6.45, 7) is 0. The lowest BCUT2D eigenvalue weighted by Gasteiger charge is -1.98. The molecule has 1 aromatic rings. The zero-order valence-electron chi connectivity index (χ0n) is 7.58. The molecule has 0 N–H and O–H groups in total. The van der Waals surface area contributed by atoms with Gasteiger partial charge in [-0.1, -0.05) is 30.3 Å². The maximum Gasteiger partial charge on any atom is 0.370 e. The highest BCUT2D eigenvalue weighted by molar-refractivity contribution is 6.33. The van der Waals surface area contributed by atoms with E-state index in [9.17, 15) is 19.7 Å². The maximum atomic E-state index is 11.1. The van der Waals surface area contributed by atoms with Crippen LogP contribution in [0.1, 0.15) is 5.56 Å². The molecule has 78 valence electrons. The number of carbonyl (C=O) groups excluding carboxylic acids is 2. The number of hydrogen-bond donors (Lipinski definition) is 0. The SMILES string of the molecule is O=C(Cc1ccccc1)C(=O)O[N+](=O)[O-]. The molecule has 0 spiro atoms. The van der Waals surface area contributed by atoms with Crippen molar-refractivity contribution in [3.8, 4) is 0 Å². The first-order valence-corrected chi connectivity index (χ1v) is 4.03. The Morgan fingerprint density at radius 1 is 1.27 bits per heavy atom. The average Bonchev–Trinajstić information content (AvgIpc) is 2.18. The molecule has 0 atom stereocenters. The van der Waals surface area contributed by atoms with Crippen molar-refractivity contribution < 1.29 is 19.5 Å². The Balaban J connectivity index is 2.56. The fourth-order valence-corrected chi connectivity index (χ4v) is 0.972. The van der Waals surface area contributed by atoms with Crippen LogP contribution in [0.2, 0.25) is 0 Å². The van der Waals surface area contributed by atoms with Crippen LogP contribution < -0.4 is 0 Å². The van der Waals surface area contributed by atoms with Gasteiger partial charge in [0.2, 0.25) is 5.78 Å². The van der Waals surface area contributed by atoms with Crippen LogP contribution in [0.3, 0.4) is 0 Å². The number of carbonyl (C=O) groups is 2. The van der Waals surface area contributed by atoms with Crippen LogP contribution in [0, 0.1) is 10.1 Å². The zero-order valence-corrected chi connectivity index (χ0v) is 7.58. The number of Topliss-reactive ketones (excluding diaryl/α,β-unsaturated/α-hetero) is 1. The molecule has 0 aliphatic rings. The van der Waals surface area contributed by atoms with Gasteiger partial charge in [-0.05, 0) is 5.56 Å². The second-order valence-electron chi connectivity index (χ2n) is 2.69. The Morgan fingerprint density at radius 2 is 1.87 bits per heavy atom. The number of ketones is 1. The Bertz CT molecular complexity index is 387. The van der Waals surface area contributed by atoms with Crippen LogP contribution in [0.15, 0.2) is 30.3 Å². The van der Waals surface area contributed by atoms with E-state index in [4.69, 9.17) is 0 Å². The molecule has 0 aromatic heterocycles. The smallest absolute Gasteiger partial charge is 0.288 e. The first-order valence-electron chi connectivity index (χ1n) is 4.03. The molecule has 1 rings (SSSR count). The van der Waals surface area contributed by atoms with Crippen LogP contribution in [0.5, 0.6) is 0 Å². The van der Waals surface area contributed by atoms with Crippen molar-refractivity contribution in [1.82, 2.24) is 0 Å². The van der Waals surface area contributed by atoms with E-state index in [1.54, 1.807) is 30.3 Å². The van der Waals surface area contributed by atoms with E-state index in [1.165, 1.54) is 0 Å². The van der Waals surface area contributed by atoms with Crippen molar-refractivity contribution in [2.45, 2.75) is 6.42 Å². The van der Waals surface area contributed by atoms with Gasteiger partial charge in [-0.25, -0.2) is 4.84 Å². The molecule has 0 heterocycles. The lowest BCUT2D eigenvalue weighted by molar-refractivity contribution is -0.728. The molecule has 0 amide bonds. The van der Waals surface area contributed by atoms with Gasteiger partial charge in [-0.15, -0.1) is 10.1 Å². The Morgan fingerprint density at radius 3 is 2.40 bits per heavy atom. The molecule has 6 heteroatoms. The Hall–Kier alpha value is -2.24. The lowest BCUT2D eigenvalue weighted by Crippen LogP contribution is -2.22. The third kappa shape index (κ3) is 3.55. The van der Waals surface area contributed by atoms with Gasteiger partial charge in [0.15, 0.2) is 0 Å². The topological polar surface area (TPSA) is 86.5 Å². The number of benzene rings is 1. The van der Waals surface area contributed by atoms with E-state index < -0.39 is 16.8 Å². The molecule has 0 bridgehead atoms. The summed E-state index contributed by atoms with van der Waals surface area (Å²) in [7, 11) is 0. The van der Waals surface area contributed by atoms with Crippen LogP contribution >= 0.6 is 0 Å². The normalized spacial score (nSPS) is 9.33. The molecule has 0 radical (unpaired) electrons. The highest BCUT2D eigenvalue weighted by atomic mass is 17.0. The highest BCUT2D eigenvalue weighted by Crippen LogP contribution is 2.00. The third-order valence-electron chi connectivity index (χ3n) is 1.59. The predicted molar refractivity (Wildman–Crippen MR) is 48.2 cm³/mol. The molecule has 6 nitrogen and oxygen atoms in total. The van der Waals surface area contributed by atoms with Crippen LogP contribution in [-0.4, -0.2) is 16.8 Å². The van der Waals surface area contributed by atoms with Gasteiger partial charge in [-0.3, -0.25) is 9.59 Å². The largest absolute Gasteiger partial charge is 0.370 e. The van der Waals surface area contributed by atoms with Crippen molar-refractivity contribution in [2.75, 3.05) is 0 Å². The van der Waals surface area contributed by atoms with Gasteiger partial charge in [-0.2, -0.15) is 0 Å². The van der Waals surface area contributed by atoms with Gasteiger partial charge in [0.1, 0.15) is 0 Å². The Kier molecular flexibility index (Phi) is 3.50. The molecular weight excluding hydrogens is 202 g/mol. The van der Waals surface area contributed by atoms with Gasteiger partial charge in [0, 0.05) is 6.42 Å². The van der Waals surface area contributed by atoms with Crippen molar-refractivity contribution in [3.63, 3.8) is 0 Å². The monoisotopic (exact) mass is 209 g/mol. The van der Waals surface area contributed by atoms with Gasteiger partial charge in [0.25, 0.3) is 0 Å². The maximum absolute atomic E-state index is 11.1. The van der Waals surface area contributed by atoms with E-state index in [1.807, 2.05) is 0 Å². The quantitative estimate of drug-likeness (QED) is 0.410. The lowest BCUT2D eigenvalue weighted by atomic mass is 10.1. The van der Waals surface area contributed by atoms with Crippen molar-refractivity contribution in [3.05, 3.63) is 46.0 Å². The first kappa shape index (κ1) is 10.8. The van der Waals surface area contributed by atoms with Crippen LogP contribution in [0.25, 0.3) is 0 Å². The predicted octanol–water partition coefficient (Wildman–Crippen LogP) is 0.533. The van der Waals surface area contributed by atoms with Crippen LogP contribution in [-0.2, 0) is 20.8 Å². The summed E-state index contributed by atoms with van der Waals surface area (Å²) in [5.41, 5.74) is 0.600. The number of nitrogens with zero attached hydrogens (tertiary/aromatic N) is 1. The standard InChI is InChI=1S/C9H7NO5/c11-8(9(12)15-10(13)14)6-7-4-2-1-3-5-7/h1-5H,6H2. The minimum absolute atomic E-state index is 0.201. The van der Waals surface area contributed by atoms with Crippen LogP contribution in [0.4, 0.5) is 0 Å². The van der Waals surface area contributed by atoms with E-state index >= 15 is 0 Å². The van der Waals surface area contributed by atoms with Crippen molar-refractivity contribution in [1.29, 1.82) is 0 Å². The second kappa shape index (κ2) is 4.85. The summed E-state index contributed by atoms with van der Waals surface area (Å²) in [5, 5.41) is 8.48. The summed E-state index contributed by atoms with van der Waals surface area (Å²) in [6, 6.07) is 8.42. The van der Waals surface area contributed by atoms with Gasteiger partial charge < -0.3 is 0 Å².